The summed E-state index contributed by atoms with van der Waals surface area (Å²) in [5, 5.41) is 12.1. The summed E-state index contributed by atoms with van der Waals surface area (Å²) in [6, 6.07) is 1.48. The zero-order chi connectivity index (χ0) is 12.1. The van der Waals surface area contributed by atoms with E-state index < -0.39 is 0 Å². The van der Waals surface area contributed by atoms with Crippen molar-refractivity contribution in [2.45, 2.75) is 12.8 Å². The van der Waals surface area contributed by atoms with Gasteiger partial charge >= 0.3 is 0 Å². The Hall–Kier alpha value is -1.62. The Balaban J connectivity index is 1.67. The molecule has 1 aromatic rings. The first-order chi connectivity index (χ1) is 8.27. The largest absolute Gasteiger partial charge is 0.505 e. The number of pyridine rings is 1. The maximum absolute atomic E-state index is 11.6. The molecular weight excluding hydrogens is 220 g/mol. The van der Waals surface area contributed by atoms with Crippen LogP contribution >= 0.6 is 0 Å². The molecule has 1 heterocycles. The molecule has 1 aliphatic rings. The summed E-state index contributed by atoms with van der Waals surface area (Å²) in [4.78, 5) is 15.3. The Morgan fingerprint density at radius 3 is 3.12 bits per heavy atom. The Morgan fingerprint density at radius 1 is 1.59 bits per heavy atom. The van der Waals surface area contributed by atoms with Crippen LogP contribution in [0.25, 0.3) is 0 Å². The number of nitrogens with zero attached hydrogens (tertiary/aromatic N) is 1. The van der Waals surface area contributed by atoms with Crippen molar-refractivity contribution in [2.24, 2.45) is 5.92 Å². The van der Waals surface area contributed by atoms with E-state index in [-0.39, 0.29) is 17.2 Å². The SMILES string of the molecule is O=C(NCCOCC1CC1)c1ccncc1O. The molecule has 0 aliphatic heterocycles. The molecule has 1 fully saturated rings. The lowest BCUT2D eigenvalue weighted by molar-refractivity contribution is 0.0904. The van der Waals surface area contributed by atoms with Crippen LogP contribution in [-0.4, -0.2) is 35.8 Å². The van der Waals surface area contributed by atoms with Gasteiger partial charge in [0.2, 0.25) is 0 Å². The second-order valence-corrected chi connectivity index (χ2v) is 4.17. The summed E-state index contributed by atoms with van der Waals surface area (Å²) in [7, 11) is 0. The fraction of sp³-hybridized carbons (Fsp3) is 0.500. The maximum Gasteiger partial charge on any atom is 0.255 e. The lowest BCUT2D eigenvalue weighted by Gasteiger charge is -2.06. The second-order valence-electron chi connectivity index (χ2n) is 4.17. The molecule has 5 nitrogen and oxygen atoms in total. The summed E-state index contributed by atoms with van der Waals surface area (Å²) in [6.07, 6.45) is 5.24. The predicted octanol–water partition coefficient (Wildman–Crippen LogP) is 0.944. The molecule has 2 N–H and O–H groups in total. The van der Waals surface area contributed by atoms with Crippen molar-refractivity contribution in [1.29, 1.82) is 0 Å². The Bertz CT molecular complexity index is 391. The highest BCUT2D eigenvalue weighted by Crippen LogP contribution is 2.28. The zero-order valence-electron chi connectivity index (χ0n) is 9.56. The Labute approximate surface area is 99.8 Å². The average molecular weight is 236 g/mol. The highest BCUT2D eigenvalue weighted by atomic mass is 16.5. The van der Waals surface area contributed by atoms with Crippen molar-refractivity contribution in [3.63, 3.8) is 0 Å². The molecule has 0 radical (unpaired) electrons. The monoisotopic (exact) mass is 236 g/mol. The third-order valence-electron chi connectivity index (χ3n) is 2.63. The molecule has 0 unspecified atom stereocenters. The number of aromatic nitrogens is 1. The molecule has 1 saturated carbocycles. The van der Waals surface area contributed by atoms with Gasteiger partial charge in [-0.25, -0.2) is 0 Å². The number of aromatic hydroxyl groups is 1. The van der Waals surface area contributed by atoms with Crippen molar-refractivity contribution < 1.29 is 14.6 Å². The number of carbonyl (C=O) groups excluding carboxylic acids is 1. The average Bonchev–Trinajstić information content (AvgIpc) is 3.13. The molecule has 92 valence electrons. The number of amides is 1. The molecule has 2 rings (SSSR count). The van der Waals surface area contributed by atoms with Crippen LogP contribution in [-0.2, 0) is 4.74 Å². The van der Waals surface area contributed by atoms with E-state index in [1.165, 1.54) is 31.3 Å². The molecule has 17 heavy (non-hydrogen) atoms. The fourth-order valence-corrected chi connectivity index (χ4v) is 1.44. The number of ether oxygens (including phenoxy) is 1. The first kappa shape index (κ1) is 11.9. The Morgan fingerprint density at radius 2 is 2.41 bits per heavy atom. The van der Waals surface area contributed by atoms with E-state index in [4.69, 9.17) is 4.74 Å². The van der Waals surface area contributed by atoms with E-state index in [9.17, 15) is 9.90 Å². The molecule has 1 aliphatic carbocycles. The van der Waals surface area contributed by atoms with Crippen molar-refractivity contribution in [3.05, 3.63) is 24.0 Å². The molecular formula is C12H16N2O3. The van der Waals surface area contributed by atoms with Crippen LogP contribution in [0.4, 0.5) is 0 Å². The number of hydrogen-bond acceptors (Lipinski definition) is 4. The van der Waals surface area contributed by atoms with Crippen molar-refractivity contribution >= 4 is 5.91 Å². The summed E-state index contributed by atoms with van der Waals surface area (Å²) < 4.78 is 5.38. The summed E-state index contributed by atoms with van der Waals surface area (Å²) in [6.45, 7) is 1.75. The second kappa shape index (κ2) is 5.63. The molecule has 1 amide bonds. The van der Waals surface area contributed by atoms with E-state index in [2.05, 4.69) is 10.3 Å². The van der Waals surface area contributed by atoms with E-state index >= 15 is 0 Å². The minimum atomic E-state index is -0.306. The van der Waals surface area contributed by atoms with E-state index in [0.717, 1.165) is 12.5 Å². The molecule has 0 bridgehead atoms. The van der Waals surface area contributed by atoms with Crippen LogP contribution in [0.1, 0.15) is 23.2 Å². The van der Waals surface area contributed by atoms with Crippen LogP contribution in [0.3, 0.4) is 0 Å². The number of hydrogen-bond donors (Lipinski definition) is 2. The van der Waals surface area contributed by atoms with Crippen molar-refractivity contribution in [3.8, 4) is 5.75 Å². The topological polar surface area (TPSA) is 71.5 Å². The lowest BCUT2D eigenvalue weighted by Crippen LogP contribution is -2.27. The molecule has 0 spiro atoms. The van der Waals surface area contributed by atoms with Gasteiger partial charge in [0, 0.05) is 19.3 Å². The molecule has 5 heteroatoms. The van der Waals surface area contributed by atoms with Crippen LogP contribution in [0.2, 0.25) is 0 Å². The highest BCUT2D eigenvalue weighted by Gasteiger charge is 2.20. The van der Waals surface area contributed by atoms with Crippen LogP contribution in [0.15, 0.2) is 18.5 Å². The smallest absolute Gasteiger partial charge is 0.255 e. The van der Waals surface area contributed by atoms with Crippen LogP contribution in [0, 0.1) is 5.92 Å². The first-order valence-corrected chi connectivity index (χ1v) is 5.76. The van der Waals surface area contributed by atoms with Crippen LogP contribution < -0.4 is 5.32 Å². The third kappa shape index (κ3) is 3.71. The van der Waals surface area contributed by atoms with Crippen molar-refractivity contribution in [1.82, 2.24) is 10.3 Å². The van der Waals surface area contributed by atoms with Crippen LogP contribution in [0.5, 0.6) is 5.75 Å². The maximum atomic E-state index is 11.6. The van der Waals surface area contributed by atoms with Gasteiger partial charge in [0.15, 0.2) is 0 Å². The van der Waals surface area contributed by atoms with E-state index in [0.29, 0.717) is 13.2 Å². The van der Waals surface area contributed by atoms with Gasteiger partial charge in [-0.05, 0) is 24.8 Å². The first-order valence-electron chi connectivity index (χ1n) is 5.76. The quantitative estimate of drug-likeness (QED) is 0.721. The third-order valence-corrected chi connectivity index (χ3v) is 2.63. The van der Waals surface area contributed by atoms with Gasteiger partial charge in [-0.1, -0.05) is 0 Å². The molecule has 0 aromatic carbocycles. The van der Waals surface area contributed by atoms with Gasteiger partial charge in [-0.15, -0.1) is 0 Å². The normalized spacial score (nSPS) is 14.6. The number of rotatable bonds is 6. The highest BCUT2D eigenvalue weighted by molar-refractivity contribution is 5.96. The van der Waals surface area contributed by atoms with Gasteiger partial charge in [0.25, 0.3) is 5.91 Å². The molecule has 0 saturated heterocycles. The van der Waals surface area contributed by atoms with Crippen molar-refractivity contribution in [2.75, 3.05) is 19.8 Å². The summed E-state index contributed by atoms with van der Waals surface area (Å²) in [5.74, 6) is 0.318. The predicted molar refractivity (Wildman–Crippen MR) is 61.8 cm³/mol. The lowest BCUT2D eigenvalue weighted by atomic mass is 10.2. The van der Waals surface area contributed by atoms with Gasteiger partial charge < -0.3 is 15.2 Å². The molecule has 1 aromatic heterocycles. The number of carbonyl (C=O) groups is 1. The van der Waals surface area contributed by atoms with E-state index in [1.807, 2.05) is 0 Å². The van der Waals surface area contributed by atoms with Gasteiger partial charge in [0.05, 0.1) is 18.4 Å². The van der Waals surface area contributed by atoms with E-state index in [1.54, 1.807) is 0 Å². The fourth-order valence-electron chi connectivity index (χ4n) is 1.44. The summed E-state index contributed by atoms with van der Waals surface area (Å²) in [5.41, 5.74) is 0.238. The number of nitrogens with one attached hydrogen (secondary N) is 1. The Kier molecular flexibility index (Phi) is 3.93. The molecule has 0 atom stereocenters. The summed E-state index contributed by atoms with van der Waals surface area (Å²) >= 11 is 0. The van der Waals surface area contributed by atoms with Gasteiger partial charge in [0.1, 0.15) is 5.75 Å². The zero-order valence-corrected chi connectivity index (χ0v) is 9.56. The standard InChI is InChI=1S/C12H16N2O3/c15-11-7-13-4-3-10(11)12(16)14-5-6-17-8-9-1-2-9/h3-4,7,9,15H,1-2,5-6,8H2,(H,14,16). The van der Waals surface area contributed by atoms with Gasteiger partial charge in [-0.2, -0.15) is 0 Å². The minimum absolute atomic E-state index is 0.108. The van der Waals surface area contributed by atoms with Gasteiger partial charge in [-0.3, -0.25) is 9.78 Å². The minimum Gasteiger partial charge on any atom is -0.505 e.